The quantitative estimate of drug-likeness (QED) is 0.739. The van der Waals surface area contributed by atoms with Crippen LogP contribution in [-0.4, -0.2) is 24.6 Å². The monoisotopic (exact) mass is 249 g/mol. The first-order valence-electron chi connectivity index (χ1n) is 6.13. The van der Waals surface area contributed by atoms with Crippen molar-refractivity contribution in [2.75, 3.05) is 11.9 Å². The van der Waals surface area contributed by atoms with Gasteiger partial charge in [-0.25, -0.2) is 0 Å². The van der Waals surface area contributed by atoms with Crippen LogP contribution >= 0.6 is 0 Å². The fourth-order valence-electron chi connectivity index (χ4n) is 1.81. The van der Waals surface area contributed by atoms with E-state index in [1.54, 1.807) is 6.92 Å². The molecule has 0 radical (unpaired) electrons. The summed E-state index contributed by atoms with van der Waals surface area (Å²) >= 11 is 0. The number of nitrogens with two attached hydrogens (primary N) is 1. The number of carbonyl (C=O) groups is 1. The highest BCUT2D eigenvalue weighted by Crippen LogP contribution is 2.30. The van der Waals surface area contributed by atoms with E-state index in [0.717, 1.165) is 30.1 Å². The lowest BCUT2D eigenvalue weighted by Crippen LogP contribution is -2.34. The average Bonchev–Trinajstić information content (AvgIpc) is 2.30. The zero-order valence-electron chi connectivity index (χ0n) is 10.7. The van der Waals surface area contributed by atoms with E-state index in [4.69, 9.17) is 10.5 Å². The summed E-state index contributed by atoms with van der Waals surface area (Å²) in [7, 11) is 0. The zero-order chi connectivity index (χ0) is 13.1. The lowest BCUT2D eigenvalue weighted by molar-refractivity contribution is -0.122. The van der Waals surface area contributed by atoms with Crippen molar-refractivity contribution in [2.45, 2.75) is 32.5 Å². The summed E-state index contributed by atoms with van der Waals surface area (Å²) in [6.07, 6.45) is -0.431. The van der Waals surface area contributed by atoms with Crippen LogP contribution in [-0.2, 0) is 11.3 Å². The van der Waals surface area contributed by atoms with Crippen molar-refractivity contribution in [3.63, 3.8) is 0 Å². The van der Waals surface area contributed by atoms with Crippen LogP contribution in [0, 0.1) is 0 Å². The van der Waals surface area contributed by atoms with E-state index >= 15 is 0 Å². The standard InChI is InChI=1S/C13H19N3O2/c1-8(14)6-15-7-10-3-4-12-11(5-10)16-13(17)9(2)18-12/h3-5,8-9,15H,6-7,14H2,1-2H3,(H,16,17). The lowest BCUT2D eigenvalue weighted by Gasteiger charge is -2.23. The predicted octanol–water partition coefficient (Wildman–Crippen LogP) is 0.843. The Morgan fingerprint density at radius 3 is 3.06 bits per heavy atom. The summed E-state index contributed by atoms with van der Waals surface area (Å²) in [5.41, 5.74) is 7.49. The summed E-state index contributed by atoms with van der Waals surface area (Å²) in [5.74, 6) is 0.612. The first-order valence-corrected chi connectivity index (χ1v) is 6.13. The molecule has 2 unspecified atom stereocenters. The van der Waals surface area contributed by atoms with Crippen LogP contribution < -0.4 is 21.1 Å². The molecule has 5 nitrogen and oxygen atoms in total. The molecule has 5 heteroatoms. The number of benzene rings is 1. The predicted molar refractivity (Wildman–Crippen MR) is 70.5 cm³/mol. The minimum absolute atomic E-state index is 0.108. The van der Waals surface area contributed by atoms with Crippen LogP contribution in [0.25, 0.3) is 0 Å². The largest absolute Gasteiger partial charge is 0.479 e. The Labute approximate surface area is 107 Å². The number of rotatable bonds is 4. The third-order valence-electron chi connectivity index (χ3n) is 2.77. The number of fused-ring (bicyclic) bond motifs is 1. The van der Waals surface area contributed by atoms with Crippen LogP contribution in [0.15, 0.2) is 18.2 Å². The number of anilines is 1. The zero-order valence-corrected chi connectivity index (χ0v) is 10.7. The van der Waals surface area contributed by atoms with E-state index in [-0.39, 0.29) is 11.9 Å². The number of nitrogens with one attached hydrogen (secondary N) is 2. The van der Waals surface area contributed by atoms with Gasteiger partial charge in [0.15, 0.2) is 6.10 Å². The van der Waals surface area contributed by atoms with Crippen molar-refractivity contribution in [2.24, 2.45) is 5.73 Å². The maximum Gasteiger partial charge on any atom is 0.265 e. The molecule has 2 rings (SSSR count). The number of hydrogen-bond donors (Lipinski definition) is 3. The van der Waals surface area contributed by atoms with Crippen LogP contribution in [0.5, 0.6) is 5.75 Å². The summed E-state index contributed by atoms with van der Waals surface area (Å²) in [6.45, 7) is 5.17. The first-order chi connectivity index (χ1) is 8.56. The van der Waals surface area contributed by atoms with Gasteiger partial charge in [-0.3, -0.25) is 4.79 Å². The SMILES string of the molecule is CC(N)CNCc1ccc2c(c1)NC(=O)C(C)O2. The molecule has 1 aromatic carbocycles. The Bertz CT molecular complexity index is 446. The molecule has 18 heavy (non-hydrogen) atoms. The number of carbonyl (C=O) groups excluding carboxylic acids is 1. The average molecular weight is 249 g/mol. The number of hydrogen-bond acceptors (Lipinski definition) is 4. The van der Waals surface area contributed by atoms with Crippen LogP contribution in [0.3, 0.4) is 0 Å². The highest BCUT2D eigenvalue weighted by atomic mass is 16.5. The van der Waals surface area contributed by atoms with Gasteiger partial charge in [0.25, 0.3) is 5.91 Å². The van der Waals surface area contributed by atoms with Crippen molar-refractivity contribution in [3.05, 3.63) is 23.8 Å². The Kier molecular flexibility index (Phi) is 3.84. The van der Waals surface area contributed by atoms with Crippen molar-refractivity contribution in [1.82, 2.24) is 5.32 Å². The normalized spacial score (nSPS) is 19.7. The molecule has 0 spiro atoms. The Balaban J connectivity index is 2.03. The summed E-state index contributed by atoms with van der Waals surface area (Å²) in [5, 5.41) is 6.08. The van der Waals surface area contributed by atoms with Crippen LogP contribution in [0.4, 0.5) is 5.69 Å². The molecule has 4 N–H and O–H groups in total. The van der Waals surface area contributed by atoms with Crippen LogP contribution in [0.2, 0.25) is 0 Å². The van der Waals surface area contributed by atoms with E-state index in [1.807, 2.05) is 25.1 Å². The van der Waals surface area contributed by atoms with Gasteiger partial charge in [-0.05, 0) is 31.5 Å². The second kappa shape index (κ2) is 5.37. The molecule has 0 aliphatic carbocycles. The summed E-state index contributed by atoms with van der Waals surface area (Å²) in [4.78, 5) is 11.5. The van der Waals surface area contributed by atoms with Crippen molar-refractivity contribution in [1.29, 1.82) is 0 Å². The van der Waals surface area contributed by atoms with Gasteiger partial charge in [0.1, 0.15) is 5.75 Å². The molecule has 0 aromatic heterocycles. The van der Waals surface area contributed by atoms with Gasteiger partial charge in [-0.15, -0.1) is 0 Å². The van der Waals surface area contributed by atoms with Gasteiger partial charge >= 0.3 is 0 Å². The highest BCUT2D eigenvalue weighted by Gasteiger charge is 2.23. The van der Waals surface area contributed by atoms with E-state index in [1.165, 1.54) is 0 Å². The van der Waals surface area contributed by atoms with Crippen molar-refractivity contribution in [3.8, 4) is 5.75 Å². The molecule has 1 heterocycles. The van der Waals surface area contributed by atoms with E-state index in [2.05, 4.69) is 10.6 Å². The topological polar surface area (TPSA) is 76.4 Å². The van der Waals surface area contributed by atoms with Gasteiger partial charge in [0, 0.05) is 19.1 Å². The Morgan fingerprint density at radius 2 is 2.33 bits per heavy atom. The molecule has 0 saturated carbocycles. The number of amides is 1. The van der Waals surface area contributed by atoms with Gasteiger partial charge in [0.05, 0.1) is 5.69 Å². The minimum atomic E-state index is -0.431. The van der Waals surface area contributed by atoms with Gasteiger partial charge in [-0.2, -0.15) is 0 Å². The molecular weight excluding hydrogens is 230 g/mol. The highest BCUT2D eigenvalue weighted by molar-refractivity contribution is 5.97. The third kappa shape index (κ3) is 3.00. The Hall–Kier alpha value is -1.59. The van der Waals surface area contributed by atoms with Crippen molar-refractivity contribution < 1.29 is 9.53 Å². The van der Waals surface area contributed by atoms with E-state index in [9.17, 15) is 4.79 Å². The lowest BCUT2D eigenvalue weighted by atomic mass is 10.1. The molecule has 0 fully saturated rings. The smallest absolute Gasteiger partial charge is 0.265 e. The second-order valence-electron chi connectivity index (χ2n) is 4.69. The summed E-state index contributed by atoms with van der Waals surface area (Å²) in [6, 6.07) is 5.92. The third-order valence-corrected chi connectivity index (χ3v) is 2.77. The molecule has 1 aliphatic rings. The molecular formula is C13H19N3O2. The minimum Gasteiger partial charge on any atom is -0.479 e. The molecule has 2 atom stereocenters. The first kappa shape index (κ1) is 12.9. The van der Waals surface area contributed by atoms with Gasteiger partial charge in [0.2, 0.25) is 0 Å². The van der Waals surface area contributed by atoms with Crippen LogP contribution in [0.1, 0.15) is 19.4 Å². The van der Waals surface area contributed by atoms with Gasteiger partial charge in [-0.1, -0.05) is 6.07 Å². The van der Waals surface area contributed by atoms with E-state index in [0.29, 0.717) is 0 Å². The van der Waals surface area contributed by atoms with Crippen molar-refractivity contribution >= 4 is 11.6 Å². The number of ether oxygens (including phenoxy) is 1. The molecule has 0 bridgehead atoms. The fraction of sp³-hybridized carbons (Fsp3) is 0.462. The second-order valence-corrected chi connectivity index (χ2v) is 4.69. The maximum atomic E-state index is 11.5. The molecule has 0 saturated heterocycles. The Morgan fingerprint density at radius 1 is 1.56 bits per heavy atom. The maximum absolute atomic E-state index is 11.5. The molecule has 1 aliphatic heterocycles. The molecule has 1 aromatic rings. The fourth-order valence-corrected chi connectivity index (χ4v) is 1.81. The molecule has 1 amide bonds. The molecule has 98 valence electrons. The van der Waals surface area contributed by atoms with Gasteiger partial charge < -0.3 is 21.1 Å². The van der Waals surface area contributed by atoms with E-state index < -0.39 is 6.10 Å². The summed E-state index contributed by atoms with van der Waals surface area (Å²) < 4.78 is 5.49.